The molecular formula is C30H23N3O5S. The molecule has 4 aromatic rings. The Morgan fingerprint density at radius 1 is 0.897 bits per heavy atom. The summed E-state index contributed by atoms with van der Waals surface area (Å²) in [5.74, 6) is -0.919. The summed E-state index contributed by atoms with van der Waals surface area (Å²) in [5.41, 5.74) is 4.10. The van der Waals surface area contributed by atoms with Gasteiger partial charge in [0.15, 0.2) is 11.6 Å². The van der Waals surface area contributed by atoms with Crippen molar-refractivity contribution in [2.24, 2.45) is 0 Å². The number of Topliss-reactive ketones (excluding diaryl/α,β-unsaturated/α-hetero) is 1. The molecule has 0 saturated heterocycles. The number of nitrogens with one attached hydrogen (secondary N) is 3. The average molecular weight is 538 g/mol. The second kappa shape index (κ2) is 10.4. The molecule has 0 unspecified atom stereocenters. The van der Waals surface area contributed by atoms with Crippen LogP contribution in [0.4, 0.5) is 17.1 Å². The Morgan fingerprint density at radius 2 is 1.67 bits per heavy atom. The number of rotatable bonds is 7. The first kappa shape index (κ1) is 25.6. The first-order chi connectivity index (χ1) is 18.7. The highest BCUT2D eigenvalue weighted by molar-refractivity contribution is 7.16. The third-order valence-corrected chi connectivity index (χ3v) is 7.40. The van der Waals surface area contributed by atoms with Gasteiger partial charge in [0, 0.05) is 46.0 Å². The van der Waals surface area contributed by atoms with Gasteiger partial charge in [-0.25, -0.2) is 0 Å². The summed E-state index contributed by atoms with van der Waals surface area (Å²) in [6.07, 6.45) is 1.56. The topological polar surface area (TPSA) is 125 Å². The molecule has 9 heteroatoms. The van der Waals surface area contributed by atoms with Gasteiger partial charge in [0.2, 0.25) is 0 Å². The number of phenols is 1. The molecule has 0 aliphatic carbocycles. The van der Waals surface area contributed by atoms with E-state index < -0.39 is 0 Å². The van der Waals surface area contributed by atoms with Crippen LogP contribution in [0.15, 0.2) is 79.0 Å². The van der Waals surface area contributed by atoms with Crippen LogP contribution in [0.2, 0.25) is 0 Å². The Bertz CT molecular complexity index is 1700. The summed E-state index contributed by atoms with van der Waals surface area (Å²) in [7, 11) is 0. The molecule has 1 aromatic heterocycles. The zero-order chi connectivity index (χ0) is 27.7. The first-order valence-corrected chi connectivity index (χ1v) is 12.8. The standard InChI is InChI=1S/C30H23N3O5S/c1-16-6-8-20(14-25(16)35)31-15-23-22-9-7-19(13-24(22)33-29(23)37)28(36)18-4-3-5-21(12-18)32-30(38)27-11-10-26(39-27)17(2)34/h3-15,31,35H,1-2H3,(H,32,38)(H,33,37)/b23-15+. The second-order valence-electron chi connectivity index (χ2n) is 9.00. The number of carbonyl (C=O) groups excluding carboxylic acids is 4. The molecule has 4 N–H and O–H groups in total. The third-order valence-electron chi connectivity index (χ3n) is 6.22. The lowest BCUT2D eigenvalue weighted by atomic mass is 9.99. The first-order valence-electron chi connectivity index (χ1n) is 12.0. The van der Waals surface area contributed by atoms with Crippen LogP contribution in [0.25, 0.3) is 5.57 Å². The number of amides is 2. The summed E-state index contributed by atoms with van der Waals surface area (Å²) in [6.45, 7) is 3.24. The fraction of sp³-hybridized carbons (Fsp3) is 0.0667. The maximum atomic E-state index is 13.3. The van der Waals surface area contributed by atoms with Crippen molar-refractivity contribution in [3.63, 3.8) is 0 Å². The van der Waals surface area contributed by atoms with Gasteiger partial charge in [0.25, 0.3) is 11.8 Å². The molecule has 0 atom stereocenters. The number of anilines is 3. The number of hydrogen-bond acceptors (Lipinski definition) is 7. The number of aromatic hydroxyl groups is 1. The molecule has 5 rings (SSSR count). The molecule has 0 saturated carbocycles. The predicted molar refractivity (Wildman–Crippen MR) is 152 cm³/mol. The van der Waals surface area contributed by atoms with E-state index >= 15 is 0 Å². The maximum absolute atomic E-state index is 13.3. The molecule has 0 fully saturated rings. The number of ketones is 2. The van der Waals surface area contributed by atoms with E-state index in [0.717, 1.165) is 16.9 Å². The average Bonchev–Trinajstić information content (AvgIpc) is 3.53. The summed E-state index contributed by atoms with van der Waals surface area (Å²) >= 11 is 1.11. The van der Waals surface area contributed by atoms with Gasteiger partial charge < -0.3 is 21.1 Å². The lowest BCUT2D eigenvalue weighted by Gasteiger charge is -2.08. The van der Waals surface area contributed by atoms with E-state index in [-0.39, 0.29) is 29.1 Å². The molecule has 2 heterocycles. The second-order valence-corrected chi connectivity index (χ2v) is 10.1. The molecule has 1 aliphatic rings. The van der Waals surface area contributed by atoms with Gasteiger partial charge >= 0.3 is 0 Å². The SMILES string of the molecule is CC(=O)c1ccc(C(=O)Nc2cccc(C(=O)c3ccc4c(c3)NC(=O)/C4=C/Nc3ccc(C)c(O)c3)c2)s1. The Hall–Kier alpha value is -5.02. The molecule has 39 heavy (non-hydrogen) atoms. The van der Waals surface area contributed by atoms with Crippen LogP contribution in [-0.2, 0) is 4.79 Å². The molecule has 0 spiro atoms. The Balaban J connectivity index is 1.33. The molecule has 8 nitrogen and oxygen atoms in total. The number of thiophene rings is 1. The zero-order valence-corrected chi connectivity index (χ0v) is 21.8. The number of carbonyl (C=O) groups is 4. The van der Waals surface area contributed by atoms with Crippen molar-refractivity contribution in [1.82, 2.24) is 0 Å². The fourth-order valence-corrected chi connectivity index (χ4v) is 4.88. The van der Waals surface area contributed by atoms with Crippen LogP contribution in [0.1, 0.15) is 53.3 Å². The Morgan fingerprint density at radius 3 is 2.41 bits per heavy atom. The van der Waals surface area contributed by atoms with Gasteiger partial charge in [-0.2, -0.15) is 0 Å². The summed E-state index contributed by atoms with van der Waals surface area (Å²) in [6, 6.07) is 19.9. The Labute approximate surface area is 228 Å². The molecule has 3 aromatic carbocycles. The van der Waals surface area contributed by atoms with E-state index in [1.54, 1.807) is 85.9 Å². The number of hydrogen-bond donors (Lipinski definition) is 4. The minimum Gasteiger partial charge on any atom is -0.508 e. The quantitative estimate of drug-likeness (QED) is 0.173. The van der Waals surface area contributed by atoms with Crippen molar-refractivity contribution in [1.29, 1.82) is 0 Å². The highest BCUT2D eigenvalue weighted by Gasteiger charge is 2.25. The van der Waals surface area contributed by atoms with Crippen molar-refractivity contribution in [3.05, 3.63) is 111 Å². The van der Waals surface area contributed by atoms with Gasteiger partial charge in [-0.3, -0.25) is 19.2 Å². The van der Waals surface area contributed by atoms with Gasteiger partial charge in [-0.1, -0.05) is 30.3 Å². The van der Waals surface area contributed by atoms with E-state index in [9.17, 15) is 24.3 Å². The van der Waals surface area contributed by atoms with Crippen molar-refractivity contribution in [2.45, 2.75) is 13.8 Å². The van der Waals surface area contributed by atoms with E-state index in [1.165, 1.54) is 6.92 Å². The van der Waals surface area contributed by atoms with E-state index in [0.29, 0.717) is 49.1 Å². The van der Waals surface area contributed by atoms with Gasteiger partial charge in [-0.05, 0) is 55.8 Å². The van der Waals surface area contributed by atoms with Gasteiger partial charge in [0.05, 0.1) is 15.3 Å². The number of aryl methyl sites for hydroxylation is 1. The van der Waals surface area contributed by atoms with Crippen LogP contribution >= 0.6 is 11.3 Å². The highest BCUT2D eigenvalue weighted by atomic mass is 32.1. The maximum Gasteiger partial charge on any atom is 0.265 e. The largest absolute Gasteiger partial charge is 0.508 e. The minimum absolute atomic E-state index is 0.109. The van der Waals surface area contributed by atoms with E-state index in [2.05, 4.69) is 16.0 Å². The summed E-state index contributed by atoms with van der Waals surface area (Å²) in [5, 5.41) is 18.5. The van der Waals surface area contributed by atoms with Crippen LogP contribution in [0.3, 0.4) is 0 Å². The normalized spacial score (nSPS) is 13.1. The van der Waals surface area contributed by atoms with Crippen molar-refractivity contribution >= 4 is 57.4 Å². The monoisotopic (exact) mass is 537 g/mol. The van der Waals surface area contributed by atoms with Crippen molar-refractivity contribution < 1.29 is 24.3 Å². The van der Waals surface area contributed by atoms with Gasteiger partial charge in [0.1, 0.15) is 5.75 Å². The molecular weight excluding hydrogens is 514 g/mol. The molecule has 1 aliphatic heterocycles. The summed E-state index contributed by atoms with van der Waals surface area (Å²) in [4.78, 5) is 50.9. The molecule has 2 amide bonds. The lowest BCUT2D eigenvalue weighted by Crippen LogP contribution is -2.11. The summed E-state index contributed by atoms with van der Waals surface area (Å²) < 4.78 is 0. The fourth-order valence-electron chi connectivity index (χ4n) is 4.08. The molecule has 0 bridgehead atoms. The van der Waals surface area contributed by atoms with Crippen molar-refractivity contribution in [2.75, 3.05) is 16.0 Å². The number of fused-ring (bicyclic) bond motifs is 1. The number of benzene rings is 3. The minimum atomic E-state index is -0.369. The van der Waals surface area contributed by atoms with E-state index in [4.69, 9.17) is 0 Å². The van der Waals surface area contributed by atoms with E-state index in [1.807, 2.05) is 0 Å². The molecule has 194 valence electrons. The van der Waals surface area contributed by atoms with Crippen LogP contribution < -0.4 is 16.0 Å². The lowest BCUT2D eigenvalue weighted by molar-refractivity contribution is -0.110. The van der Waals surface area contributed by atoms with Crippen molar-refractivity contribution in [3.8, 4) is 5.75 Å². The van der Waals surface area contributed by atoms with Crippen LogP contribution in [0, 0.1) is 6.92 Å². The highest BCUT2D eigenvalue weighted by Crippen LogP contribution is 2.33. The van der Waals surface area contributed by atoms with Gasteiger partial charge in [-0.15, -0.1) is 11.3 Å². The molecule has 0 radical (unpaired) electrons. The predicted octanol–water partition coefficient (Wildman–Crippen LogP) is 5.85. The van der Waals surface area contributed by atoms with Crippen LogP contribution in [0.5, 0.6) is 5.75 Å². The zero-order valence-electron chi connectivity index (χ0n) is 21.0. The number of phenolic OH excluding ortho intramolecular Hbond substituents is 1. The Kier molecular flexibility index (Phi) is 6.83. The smallest absolute Gasteiger partial charge is 0.265 e. The third kappa shape index (κ3) is 5.34. The van der Waals surface area contributed by atoms with Crippen LogP contribution in [-0.4, -0.2) is 28.5 Å².